The minimum Gasteiger partial charge on any atom is -0.484 e. The average Bonchev–Trinajstić information content (AvgIpc) is 2.41. The van der Waals surface area contributed by atoms with Crippen molar-refractivity contribution in [2.45, 2.75) is 37.1 Å². The van der Waals surface area contributed by atoms with Gasteiger partial charge in [-0.05, 0) is 49.9 Å². The number of benzene rings is 1. The maximum Gasteiger partial charge on any atom is 0.258 e. The van der Waals surface area contributed by atoms with Crippen molar-refractivity contribution < 1.29 is 9.53 Å². The Labute approximate surface area is 123 Å². The van der Waals surface area contributed by atoms with Crippen molar-refractivity contribution in [2.24, 2.45) is 0 Å². The maximum atomic E-state index is 11.7. The molecule has 104 valence electrons. The van der Waals surface area contributed by atoms with Crippen molar-refractivity contribution in [3.8, 4) is 5.75 Å². The third-order valence-corrected chi connectivity index (χ3v) is 3.89. The molecule has 0 atom stereocenters. The van der Waals surface area contributed by atoms with Crippen LogP contribution in [0.4, 0.5) is 0 Å². The highest BCUT2D eigenvalue weighted by molar-refractivity contribution is 6.30. The van der Waals surface area contributed by atoms with Crippen LogP contribution >= 0.6 is 23.2 Å². The Kier molecular flexibility index (Phi) is 5.34. The molecule has 5 heteroatoms. The van der Waals surface area contributed by atoms with Crippen LogP contribution in [0.15, 0.2) is 24.3 Å². The highest BCUT2D eigenvalue weighted by Gasteiger charge is 2.20. The lowest BCUT2D eigenvalue weighted by molar-refractivity contribution is -0.124. The minimum atomic E-state index is -0.0898. The van der Waals surface area contributed by atoms with E-state index in [2.05, 4.69) is 5.32 Å². The number of ether oxygens (including phenoxy) is 1. The molecule has 0 saturated heterocycles. The summed E-state index contributed by atoms with van der Waals surface area (Å²) in [5.41, 5.74) is 0. The van der Waals surface area contributed by atoms with Crippen LogP contribution in [0, 0.1) is 0 Å². The van der Waals surface area contributed by atoms with Gasteiger partial charge in [-0.3, -0.25) is 4.79 Å². The number of amides is 1. The number of alkyl halides is 1. The summed E-state index contributed by atoms with van der Waals surface area (Å²) in [5.74, 6) is 0.553. The fourth-order valence-electron chi connectivity index (χ4n) is 2.15. The standard InChI is InChI=1S/C14H17Cl2NO2/c15-10-1-5-12(6-2-10)17-14(18)9-19-13-7-3-11(16)4-8-13/h3-4,7-8,10,12H,1-2,5-6,9H2,(H,17,18). The number of halogens is 2. The lowest BCUT2D eigenvalue weighted by atomic mass is 9.95. The third kappa shape index (κ3) is 4.92. The van der Waals surface area contributed by atoms with Gasteiger partial charge in [0.2, 0.25) is 0 Å². The molecule has 19 heavy (non-hydrogen) atoms. The summed E-state index contributed by atoms with van der Waals surface area (Å²) in [4.78, 5) is 11.7. The molecule has 0 radical (unpaired) electrons. The fraction of sp³-hybridized carbons (Fsp3) is 0.500. The van der Waals surface area contributed by atoms with Gasteiger partial charge < -0.3 is 10.1 Å². The summed E-state index contributed by atoms with van der Waals surface area (Å²) in [6.45, 7) is 0.0302. The van der Waals surface area contributed by atoms with Crippen LogP contribution < -0.4 is 10.1 Å². The van der Waals surface area contributed by atoms with Crippen molar-refractivity contribution in [3.05, 3.63) is 29.3 Å². The molecule has 1 N–H and O–H groups in total. The van der Waals surface area contributed by atoms with Gasteiger partial charge in [-0.15, -0.1) is 11.6 Å². The average molecular weight is 302 g/mol. The van der Waals surface area contributed by atoms with Crippen LogP contribution in [-0.2, 0) is 4.79 Å². The summed E-state index contributed by atoms with van der Waals surface area (Å²) in [6.07, 6.45) is 3.82. The first kappa shape index (κ1) is 14.5. The zero-order chi connectivity index (χ0) is 13.7. The molecule has 1 aromatic carbocycles. The molecule has 1 aliphatic carbocycles. The SMILES string of the molecule is O=C(COc1ccc(Cl)cc1)NC1CCC(Cl)CC1. The summed E-state index contributed by atoms with van der Waals surface area (Å²) >= 11 is 11.8. The Bertz CT molecular complexity index is 414. The van der Waals surface area contributed by atoms with E-state index in [9.17, 15) is 4.79 Å². The normalized spacial score (nSPS) is 22.8. The Morgan fingerprint density at radius 3 is 2.47 bits per heavy atom. The van der Waals surface area contributed by atoms with Gasteiger partial charge in [-0.2, -0.15) is 0 Å². The molecule has 1 aliphatic rings. The number of hydrogen-bond acceptors (Lipinski definition) is 2. The highest BCUT2D eigenvalue weighted by Crippen LogP contribution is 2.22. The van der Waals surface area contributed by atoms with Gasteiger partial charge in [-0.1, -0.05) is 11.6 Å². The van der Waals surface area contributed by atoms with Gasteiger partial charge in [0.1, 0.15) is 5.75 Å². The van der Waals surface area contributed by atoms with E-state index in [4.69, 9.17) is 27.9 Å². The van der Waals surface area contributed by atoms with E-state index in [0.717, 1.165) is 25.7 Å². The van der Waals surface area contributed by atoms with Gasteiger partial charge in [0.15, 0.2) is 6.61 Å². The van der Waals surface area contributed by atoms with Crippen molar-refractivity contribution in [1.29, 1.82) is 0 Å². The van der Waals surface area contributed by atoms with Crippen molar-refractivity contribution in [1.82, 2.24) is 5.32 Å². The summed E-state index contributed by atoms with van der Waals surface area (Å²) in [5, 5.41) is 3.88. The van der Waals surface area contributed by atoms with Gasteiger partial charge >= 0.3 is 0 Å². The van der Waals surface area contributed by atoms with Gasteiger partial charge in [0.05, 0.1) is 0 Å². The molecule has 3 nitrogen and oxygen atoms in total. The van der Waals surface area contributed by atoms with E-state index in [1.54, 1.807) is 24.3 Å². The van der Waals surface area contributed by atoms with E-state index in [0.29, 0.717) is 10.8 Å². The molecule has 1 fully saturated rings. The number of hydrogen-bond donors (Lipinski definition) is 1. The van der Waals surface area contributed by atoms with E-state index in [1.165, 1.54) is 0 Å². The smallest absolute Gasteiger partial charge is 0.258 e. The zero-order valence-electron chi connectivity index (χ0n) is 10.6. The summed E-state index contributed by atoms with van der Waals surface area (Å²) in [6, 6.07) is 7.19. The second kappa shape index (κ2) is 7.01. The molecule has 1 saturated carbocycles. The molecule has 0 spiro atoms. The van der Waals surface area contributed by atoms with Crippen LogP contribution in [0.5, 0.6) is 5.75 Å². The first-order valence-corrected chi connectivity index (χ1v) is 7.27. The molecule has 0 aromatic heterocycles. The Morgan fingerprint density at radius 1 is 1.21 bits per heavy atom. The lowest BCUT2D eigenvalue weighted by Gasteiger charge is -2.25. The number of nitrogens with one attached hydrogen (secondary N) is 1. The van der Waals surface area contributed by atoms with Crippen LogP contribution in [0.2, 0.25) is 5.02 Å². The maximum absolute atomic E-state index is 11.7. The molecular formula is C14H17Cl2NO2. The second-order valence-electron chi connectivity index (χ2n) is 4.76. The highest BCUT2D eigenvalue weighted by atomic mass is 35.5. The molecule has 0 unspecified atom stereocenters. The fourth-order valence-corrected chi connectivity index (χ4v) is 2.52. The topological polar surface area (TPSA) is 38.3 Å². The van der Waals surface area contributed by atoms with E-state index in [-0.39, 0.29) is 23.9 Å². The Hall–Kier alpha value is -0.930. The number of carbonyl (C=O) groups is 1. The van der Waals surface area contributed by atoms with Crippen LogP contribution in [0.3, 0.4) is 0 Å². The van der Waals surface area contributed by atoms with Crippen molar-refractivity contribution in [2.75, 3.05) is 6.61 Å². The molecule has 0 bridgehead atoms. The molecule has 0 heterocycles. The lowest BCUT2D eigenvalue weighted by Crippen LogP contribution is -2.40. The van der Waals surface area contributed by atoms with E-state index >= 15 is 0 Å². The predicted octanol–water partition coefficient (Wildman–Crippen LogP) is 3.39. The second-order valence-corrected chi connectivity index (χ2v) is 5.81. The van der Waals surface area contributed by atoms with E-state index < -0.39 is 0 Å². The first-order valence-electron chi connectivity index (χ1n) is 6.45. The monoisotopic (exact) mass is 301 g/mol. The Balaban J connectivity index is 1.71. The third-order valence-electron chi connectivity index (χ3n) is 3.21. The van der Waals surface area contributed by atoms with E-state index in [1.807, 2.05) is 0 Å². The zero-order valence-corrected chi connectivity index (χ0v) is 12.1. The first-order chi connectivity index (χ1) is 9.13. The minimum absolute atomic E-state index is 0.0302. The number of rotatable bonds is 4. The van der Waals surface area contributed by atoms with Crippen LogP contribution in [0.1, 0.15) is 25.7 Å². The quantitative estimate of drug-likeness (QED) is 0.866. The summed E-state index contributed by atoms with van der Waals surface area (Å²) < 4.78 is 5.39. The molecular weight excluding hydrogens is 285 g/mol. The molecule has 1 aromatic rings. The van der Waals surface area contributed by atoms with Gasteiger partial charge in [0, 0.05) is 16.4 Å². The molecule has 2 rings (SSSR count). The Morgan fingerprint density at radius 2 is 1.84 bits per heavy atom. The molecule has 1 amide bonds. The summed E-state index contributed by atoms with van der Waals surface area (Å²) in [7, 11) is 0. The van der Waals surface area contributed by atoms with Crippen molar-refractivity contribution in [3.63, 3.8) is 0 Å². The van der Waals surface area contributed by atoms with Crippen LogP contribution in [0.25, 0.3) is 0 Å². The largest absolute Gasteiger partial charge is 0.484 e. The molecule has 0 aliphatic heterocycles. The van der Waals surface area contributed by atoms with Crippen LogP contribution in [-0.4, -0.2) is 23.9 Å². The van der Waals surface area contributed by atoms with Gasteiger partial charge in [0.25, 0.3) is 5.91 Å². The number of carbonyl (C=O) groups excluding carboxylic acids is 1. The van der Waals surface area contributed by atoms with Gasteiger partial charge in [-0.25, -0.2) is 0 Å². The predicted molar refractivity (Wildman–Crippen MR) is 77.0 cm³/mol. The van der Waals surface area contributed by atoms with Crippen molar-refractivity contribution >= 4 is 29.1 Å².